The molecule has 1 fully saturated rings. The number of aromatic nitrogens is 4. The van der Waals surface area contributed by atoms with Gasteiger partial charge in [-0.3, -0.25) is 4.98 Å². The van der Waals surface area contributed by atoms with Crippen LogP contribution in [0.2, 0.25) is 5.02 Å². The van der Waals surface area contributed by atoms with Gasteiger partial charge in [-0.1, -0.05) is 17.7 Å². The van der Waals surface area contributed by atoms with Gasteiger partial charge in [0.05, 0.1) is 27.7 Å². The number of hydrogen-bond donors (Lipinski definition) is 1. The predicted octanol–water partition coefficient (Wildman–Crippen LogP) is 5.30. The molecule has 6 rings (SSSR count). The van der Waals surface area contributed by atoms with Crippen LogP contribution >= 0.6 is 11.6 Å². The molecule has 2 aliphatic rings. The number of hydrogen-bond acceptors (Lipinski definition) is 6. The maximum atomic E-state index is 14.8. The number of rotatable bonds is 4. The van der Waals surface area contributed by atoms with E-state index in [-0.39, 0.29) is 24.1 Å². The topological polar surface area (TPSA) is 88.1 Å². The highest BCUT2D eigenvalue weighted by molar-refractivity contribution is 6.31. The summed E-state index contributed by atoms with van der Waals surface area (Å²) in [5, 5.41) is 1.70. The summed E-state index contributed by atoms with van der Waals surface area (Å²) in [5.74, 6) is -0.583. The second-order valence-electron chi connectivity index (χ2n) is 9.67. The molecule has 3 aromatic heterocycles. The summed E-state index contributed by atoms with van der Waals surface area (Å²) >= 11 is 6.14. The first-order chi connectivity index (χ1) is 16.7. The Kier molecular flexibility index (Phi) is 5.11. The summed E-state index contributed by atoms with van der Waals surface area (Å²) in [5.41, 5.74) is 10.1. The molecule has 4 aromatic rings. The number of halogens is 2. The monoisotopic (exact) mass is 493 g/mol. The quantitative estimate of drug-likeness (QED) is 0.388. The van der Waals surface area contributed by atoms with E-state index in [1.807, 2.05) is 39.1 Å². The first-order valence-corrected chi connectivity index (χ1v) is 12.0. The Balaban J connectivity index is 1.33. The second-order valence-corrected chi connectivity index (χ2v) is 10.1. The fourth-order valence-corrected chi connectivity index (χ4v) is 5.37. The number of ether oxygens (including phenoxy) is 2. The molecule has 1 aliphatic carbocycles. The van der Waals surface area contributed by atoms with Gasteiger partial charge >= 0.3 is 0 Å². The van der Waals surface area contributed by atoms with Crippen molar-refractivity contribution in [2.45, 2.75) is 57.6 Å². The van der Waals surface area contributed by atoms with Crippen molar-refractivity contribution in [2.75, 3.05) is 5.73 Å². The Bertz CT molecular complexity index is 1510. The third-order valence-electron chi connectivity index (χ3n) is 6.85. The zero-order valence-corrected chi connectivity index (χ0v) is 20.4. The number of fused-ring (bicyclic) bond motifs is 3. The lowest BCUT2D eigenvalue weighted by Gasteiger charge is -2.22. The normalized spacial score (nSPS) is 23.2. The Hall–Kier alpha value is -3.07. The number of aryl methyl sites for hydroxylation is 2. The molecule has 35 heavy (non-hydrogen) atoms. The summed E-state index contributed by atoms with van der Waals surface area (Å²) in [6, 6.07) is 6.95. The van der Waals surface area contributed by atoms with Crippen molar-refractivity contribution in [3.8, 4) is 0 Å². The van der Waals surface area contributed by atoms with E-state index >= 15 is 0 Å². The second kappa shape index (κ2) is 7.98. The molecule has 3 atom stereocenters. The average Bonchev–Trinajstić information content (AvgIpc) is 3.45. The SMILES string of the molecule is Cc1nc2cc(CCC3=C[C@@H](n4ccc5c(N)ncnc54)[C@@H]4OC(C)(C)O[C@H]34)cc(F)c2cc1Cl. The number of benzene rings is 1. The van der Waals surface area contributed by atoms with E-state index in [2.05, 4.69) is 25.6 Å². The lowest BCUT2D eigenvalue weighted by atomic mass is 10.0. The molecule has 0 radical (unpaired) electrons. The van der Waals surface area contributed by atoms with Crippen molar-refractivity contribution in [3.05, 3.63) is 70.5 Å². The van der Waals surface area contributed by atoms with Crippen LogP contribution in [0, 0.1) is 12.7 Å². The van der Waals surface area contributed by atoms with Crippen molar-refractivity contribution in [2.24, 2.45) is 0 Å². The standard InChI is InChI=1S/C26H25ClFN5O2/c1-13-18(27)11-17-19(28)8-14(9-20(17)32-13)4-5-15-10-21(23-22(15)34-26(2,3)35-23)33-7-6-16-24(29)30-12-31-25(16)33/h6-12,21-23H,4-5H2,1-3H3,(H2,29,30,31)/t21-,22-,23+/m1/s1. The molecule has 0 unspecified atom stereocenters. The number of nitrogens with two attached hydrogens (primary N) is 1. The maximum Gasteiger partial charge on any atom is 0.164 e. The fourth-order valence-electron chi connectivity index (χ4n) is 5.22. The molecule has 1 aliphatic heterocycles. The molecule has 9 heteroatoms. The summed E-state index contributed by atoms with van der Waals surface area (Å²) in [6.07, 6.45) is 6.56. The van der Waals surface area contributed by atoms with Gasteiger partial charge in [0.15, 0.2) is 5.79 Å². The van der Waals surface area contributed by atoms with Crippen LogP contribution < -0.4 is 5.73 Å². The minimum absolute atomic E-state index is 0.108. The van der Waals surface area contributed by atoms with Gasteiger partial charge in [0, 0.05) is 11.6 Å². The number of pyridine rings is 1. The minimum atomic E-state index is -0.708. The van der Waals surface area contributed by atoms with Gasteiger partial charge in [-0.05, 0) is 69.0 Å². The van der Waals surface area contributed by atoms with Crippen LogP contribution in [0.5, 0.6) is 0 Å². The van der Waals surface area contributed by atoms with E-state index in [4.69, 9.17) is 26.8 Å². The third-order valence-corrected chi connectivity index (χ3v) is 7.23. The van der Waals surface area contributed by atoms with E-state index in [1.54, 1.807) is 12.1 Å². The van der Waals surface area contributed by atoms with Gasteiger partial charge in [0.25, 0.3) is 0 Å². The van der Waals surface area contributed by atoms with E-state index in [0.717, 1.165) is 22.2 Å². The van der Waals surface area contributed by atoms with E-state index in [1.165, 1.54) is 6.33 Å². The van der Waals surface area contributed by atoms with Gasteiger partial charge in [-0.25, -0.2) is 14.4 Å². The van der Waals surface area contributed by atoms with Crippen LogP contribution in [0.3, 0.4) is 0 Å². The molecule has 0 saturated carbocycles. The molecule has 0 amide bonds. The minimum Gasteiger partial charge on any atom is -0.383 e. The number of anilines is 1. The molecule has 7 nitrogen and oxygen atoms in total. The average molecular weight is 494 g/mol. The van der Waals surface area contributed by atoms with Crippen molar-refractivity contribution < 1.29 is 13.9 Å². The van der Waals surface area contributed by atoms with Crippen molar-refractivity contribution in [1.29, 1.82) is 0 Å². The Morgan fingerprint density at radius 2 is 1.97 bits per heavy atom. The third kappa shape index (κ3) is 3.76. The summed E-state index contributed by atoms with van der Waals surface area (Å²) < 4.78 is 29.5. The van der Waals surface area contributed by atoms with E-state index < -0.39 is 5.79 Å². The molecular formula is C26H25ClFN5O2. The Morgan fingerprint density at radius 1 is 1.14 bits per heavy atom. The fraction of sp³-hybridized carbons (Fsp3) is 0.346. The van der Waals surface area contributed by atoms with Crippen LogP contribution in [0.1, 0.15) is 37.6 Å². The molecular weight excluding hydrogens is 469 g/mol. The zero-order chi connectivity index (χ0) is 24.5. The van der Waals surface area contributed by atoms with Crippen molar-refractivity contribution >= 4 is 39.4 Å². The molecule has 1 saturated heterocycles. The first kappa shape index (κ1) is 22.4. The van der Waals surface area contributed by atoms with Crippen LogP contribution in [0.25, 0.3) is 21.9 Å². The highest BCUT2D eigenvalue weighted by Gasteiger charge is 2.50. The highest BCUT2D eigenvalue weighted by Crippen LogP contribution is 2.45. The number of nitrogens with zero attached hydrogens (tertiary/aromatic N) is 4. The summed E-state index contributed by atoms with van der Waals surface area (Å²) in [6.45, 7) is 5.66. The summed E-state index contributed by atoms with van der Waals surface area (Å²) in [4.78, 5) is 13.0. The first-order valence-electron chi connectivity index (χ1n) is 11.6. The maximum absolute atomic E-state index is 14.8. The Labute approximate surface area is 206 Å². The summed E-state index contributed by atoms with van der Waals surface area (Å²) in [7, 11) is 0. The molecule has 0 bridgehead atoms. The van der Waals surface area contributed by atoms with E-state index in [9.17, 15) is 4.39 Å². The molecule has 0 spiro atoms. The van der Waals surface area contributed by atoms with Crippen LogP contribution in [0.15, 0.2) is 48.4 Å². The largest absolute Gasteiger partial charge is 0.383 e. The lowest BCUT2D eigenvalue weighted by Crippen LogP contribution is -2.27. The molecule has 1 aromatic carbocycles. The molecule has 180 valence electrons. The van der Waals surface area contributed by atoms with Crippen LogP contribution in [-0.4, -0.2) is 37.5 Å². The van der Waals surface area contributed by atoms with Crippen LogP contribution in [0.4, 0.5) is 10.2 Å². The Morgan fingerprint density at radius 3 is 2.80 bits per heavy atom. The van der Waals surface area contributed by atoms with Crippen LogP contribution in [-0.2, 0) is 15.9 Å². The van der Waals surface area contributed by atoms with Gasteiger partial charge in [0.1, 0.15) is 35.8 Å². The number of nitrogen functional groups attached to an aromatic ring is 1. The van der Waals surface area contributed by atoms with Gasteiger partial charge in [-0.2, -0.15) is 0 Å². The molecule has 4 heterocycles. The zero-order valence-electron chi connectivity index (χ0n) is 19.6. The lowest BCUT2D eigenvalue weighted by molar-refractivity contribution is -0.147. The van der Waals surface area contributed by atoms with Crippen molar-refractivity contribution in [3.63, 3.8) is 0 Å². The van der Waals surface area contributed by atoms with E-state index in [0.29, 0.717) is 40.3 Å². The van der Waals surface area contributed by atoms with Gasteiger partial charge in [-0.15, -0.1) is 0 Å². The van der Waals surface area contributed by atoms with Gasteiger partial charge in [0.2, 0.25) is 0 Å². The molecule has 2 N–H and O–H groups in total. The van der Waals surface area contributed by atoms with Crippen molar-refractivity contribution in [1.82, 2.24) is 19.5 Å². The van der Waals surface area contributed by atoms with Gasteiger partial charge < -0.3 is 19.8 Å². The smallest absolute Gasteiger partial charge is 0.164 e. The predicted molar refractivity (Wildman–Crippen MR) is 133 cm³/mol. The highest BCUT2D eigenvalue weighted by atomic mass is 35.5.